The molecule has 0 aromatic carbocycles. The number of pyridine rings is 2. The van der Waals surface area contributed by atoms with Crippen LogP contribution in [0.15, 0.2) is 35.8 Å². The third kappa shape index (κ3) is 3.04. The van der Waals surface area contributed by atoms with E-state index in [0.717, 1.165) is 55.0 Å². The molecule has 0 saturated carbocycles. The highest BCUT2D eigenvalue weighted by Crippen LogP contribution is 2.32. The first-order valence-corrected chi connectivity index (χ1v) is 9.03. The van der Waals surface area contributed by atoms with Crippen molar-refractivity contribution < 1.29 is 0 Å². The molecule has 0 bridgehead atoms. The molecule has 3 aromatic rings. The Morgan fingerprint density at radius 3 is 3.04 bits per heavy atom. The fraction of sp³-hybridized carbons (Fsp3) is 0.294. The third-order valence-corrected chi connectivity index (χ3v) is 5.14. The molecule has 0 unspecified atom stereocenters. The molecule has 3 aromatic heterocycles. The van der Waals surface area contributed by atoms with Crippen LogP contribution in [0.25, 0.3) is 21.6 Å². The minimum atomic E-state index is 0.622. The Kier molecular flexibility index (Phi) is 4.16. The van der Waals surface area contributed by atoms with Gasteiger partial charge in [0.15, 0.2) is 0 Å². The second-order valence-electron chi connectivity index (χ2n) is 5.62. The summed E-state index contributed by atoms with van der Waals surface area (Å²) in [5.41, 5.74) is 3.93. The molecule has 4 nitrogen and oxygen atoms in total. The average molecular weight is 345 g/mol. The standard InChI is InChI=1S/C17H17ClN4S/c18-12-9-14-17(20-11-12)15(22-6-2-4-19-5-7-22)10-13(21-14)16-3-1-8-23-16/h1,3,8-11,19H,2,4-7H2. The van der Waals surface area contributed by atoms with E-state index in [0.29, 0.717) is 5.02 Å². The van der Waals surface area contributed by atoms with Crippen molar-refractivity contribution in [2.24, 2.45) is 0 Å². The molecule has 0 atom stereocenters. The largest absolute Gasteiger partial charge is 0.368 e. The summed E-state index contributed by atoms with van der Waals surface area (Å²) >= 11 is 7.84. The normalized spacial score (nSPS) is 15.8. The molecule has 118 valence electrons. The highest BCUT2D eigenvalue weighted by Gasteiger charge is 2.16. The Balaban J connectivity index is 1.89. The minimum absolute atomic E-state index is 0.622. The Bertz CT molecular complexity index is 811. The molecule has 4 rings (SSSR count). The molecular formula is C17H17ClN4S. The molecular weight excluding hydrogens is 328 g/mol. The minimum Gasteiger partial charge on any atom is -0.368 e. The number of thiophene rings is 1. The van der Waals surface area contributed by atoms with Gasteiger partial charge in [-0.15, -0.1) is 11.3 Å². The highest BCUT2D eigenvalue weighted by atomic mass is 35.5. The summed E-state index contributed by atoms with van der Waals surface area (Å²) in [5, 5.41) is 6.15. The Morgan fingerprint density at radius 1 is 1.22 bits per heavy atom. The van der Waals surface area contributed by atoms with Gasteiger partial charge in [-0.3, -0.25) is 4.98 Å². The summed E-state index contributed by atoms with van der Waals surface area (Å²) in [4.78, 5) is 12.9. The number of nitrogens with one attached hydrogen (secondary N) is 1. The zero-order valence-electron chi connectivity index (χ0n) is 12.6. The van der Waals surface area contributed by atoms with Crippen LogP contribution in [-0.4, -0.2) is 36.1 Å². The number of hydrogen-bond acceptors (Lipinski definition) is 5. The van der Waals surface area contributed by atoms with Gasteiger partial charge in [-0.25, -0.2) is 4.98 Å². The first kappa shape index (κ1) is 14.9. The van der Waals surface area contributed by atoms with Crippen molar-refractivity contribution >= 4 is 39.7 Å². The van der Waals surface area contributed by atoms with Crippen LogP contribution >= 0.6 is 22.9 Å². The van der Waals surface area contributed by atoms with Crippen molar-refractivity contribution in [3.8, 4) is 10.6 Å². The lowest BCUT2D eigenvalue weighted by atomic mass is 10.2. The first-order valence-electron chi connectivity index (χ1n) is 7.77. The number of halogens is 1. The van der Waals surface area contributed by atoms with E-state index in [1.165, 1.54) is 4.88 Å². The van der Waals surface area contributed by atoms with Gasteiger partial charge in [0.1, 0.15) is 5.52 Å². The van der Waals surface area contributed by atoms with Gasteiger partial charge >= 0.3 is 0 Å². The van der Waals surface area contributed by atoms with E-state index >= 15 is 0 Å². The van der Waals surface area contributed by atoms with Crippen molar-refractivity contribution in [1.29, 1.82) is 0 Å². The molecule has 1 N–H and O–H groups in total. The summed E-state index contributed by atoms with van der Waals surface area (Å²) < 4.78 is 0. The Hall–Kier alpha value is -1.69. The van der Waals surface area contributed by atoms with E-state index in [1.54, 1.807) is 17.5 Å². The van der Waals surface area contributed by atoms with Crippen LogP contribution < -0.4 is 10.2 Å². The Labute approximate surface area is 144 Å². The maximum absolute atomic E-state index is 6.14. The smallest absolute Gasteiger partial charge is 0.112 e. The van der Waals surface area contributed by atoms with Crippen LogP contribution in [0.3, 0.4) is 0 Å². The van der Waals surface area contributed by atoms with Crippen LogP contribution in [0, 0.1) is 0 Å². The van der Waals surface area contributed by atoms with Crippen molar-refractivity contribution in [2.75, 3.05) is 31.1 Å². The molecule has 23 heavy (non-hydrogen) atoms. The van der Waals surface area contributed by atoms with Gasteiger partial charge in [0.25, 0.3) is 0 Å². The topological polar surface area (TPSA) is 41.1 Å². The summed E-state index contributed by atoms with van der Waals surface area (Å²) in [6.07, 6.45) is 2.84. The zero-order valence-corrected chi connectivity index (χ0v) is 14.2. The van der Waals surface area contributed by atoms with Crippen LogP contribution in [0.5, 0.6) is 0 Å². The van der Waals surface area contributed by atoms with Gasteiger partial charge in [-0.1, -0.05) is 17.7 Å². The van der Waals surface area contributed by atoms with E-state index in [-0.39, 0.29) is 0 Å². The third-order valence-electron chi connectivity index (χ3n) is 4.05. The lowest BCUT2D eigenvalue weighted by molar-refractivity contribution is 0.724. The zero-order chi connectivity index (χ0) is 15.6. The quantitative estimate of drug-likeness (QED) is 0.767. The first-order chi connectivity index (χ1) is 11.3. The predicted molar refractivity (Wildman–Crippen MR) is 97.6 cm³/mol. The lowest BCUT2D eigenvalue weighted by Gasteiger charge is -2.24. The van der Waals surface area contributed by atoms with Crippen LogP contribution in [0.1, 0.15) is 6.42 Å². The summed E-state index contributed by atoms with van der Waals surface area (Å²) in [7, 11) is 0. The number of nitrogens with zero attached hydrogens (tertiary/aromatic N) is 3. The second kappa shape index (κ2) is 6.43. The molecule has 1 aliphatic rings. The molecule has 1 fully saturated rings. The number of rotatable bonds is 2. The number of hydrogen-bond donors (Lipinski definition) is 1. The monoisotopic (exact) mass is 344 g/mol. The maximum Gasteiger partial charge on any atom is 0.112 e. The summed E-state index contributed by atoms with van der Waals surface area (Å²) in [5.74, 6) is 0. The predicted octanol–water partition coefficient (Wildman–Crippen LogP) is 3.81. The van der Waals surface area contributed by atoms with Gasteiger partial charge < -0.3 is 10.2 Å². The van der Waals surface area contributed by atoms with Gasteiger partial charge in [0.2, 0.25) is 0 Å². The molecule has 0 amide bonds. The SMILES string of the molecule is Clc1cnc2c(N3CCCNCC3)cc(-c3cccs3)nc2c1. The Morgan fingerprint density at radius 2 is 2.17 bits per heavy atom. The highest BCUT2D eigenvalue weighted by molar-refractivity contribution is 7.13. The average Bonchev–Trinajstić information content (AvgIpc) is 2.96. The van der Waals surface area contributed by atoms with E-state index in [9.17, 15) is 0 Å². The number of fused-ring (bicyclic) bond motifs is 1. The van der Waals surface area contributed by atoms with Crippen LogP contribution in [0.2, 0.25) is 5.02 Å². The van der Waals surface area contributed by atoms with Crippen molar-refractivity contribution in [1.82, 2.24) is 15.3 Å². The molecule has 0 aliphatic carbocycles. The second-order valence-corrected chi connectivity index (χ2v) is 7.00. The van der Waals surface area contributed by atoms with E-state index < -0.39 is 0 Å². The summed E-state index contributed by atoms with van der Waals surface area (Å²) in [6.45, 7) is 4.07. The molecule has 1 aliphatic heterocycles. The van der Waals surface area contributed by atoms with Crippen molar-refractivity contribution in [3.63, 3.8) is 0 Å². The van der Waals surface area contributed by atoms with Gasteiger partial charge in [0.05, 0.1) is 26.8 Å². The molecule has 4 heterocycles. The summed E-state index contributed by atoms with van der Waals surface area (Å²) in [6, 6.07) is 8.23. The maximum atomic E-state index is 6.14. The number of anilines is 1. The molecule has 6 heteroatoms. The lowest BCUT2D eigenvalue weighted by Crippen LogP contribution is -2.28. The fourth-order valence-corrected chi connectivity index (χ4v) is 3.79. The molecule has 0 spiro atoms. The van der Waals surface area contributed by atoms with Gasteiger partial charge in [-0.2, -0.15) is 0 Å². The van der Waals surface area contributed by atoms with Crippen molar-refractivity contribution in [3.05, 3.63) is 40.9 Å². The van der Waals surface area contributed by atoms with Crippen LogP contribution in [0.4, 0.5) is 5.69 Å². The van der Waals surface area contributed by atoms with E-state index in [1.807, 2.05) is 6.07 Å². The number of aromatic nitrogens is 2. The molecule has 1 saturated heterocycles. The van der Waals surface area contributed by atoms with Crippen molar-refractivity contribution in [2.45, 2.75) is 6.42 Å². The van der Waals surface area contributed by atoms with Gasteiger partial charge in [-0.05, 0) is 36.5 Å². The van der Waals surface area contributed by atoms with Crippen LogP contribution in [-0.2, 0) is 0 Å². The van der Waals surface area contributed by atoms with Gasteiger partial charge in [0, 0.05) is 25.8 Å². The van der Waals surface area contributed by atoms with E-state index in [2.05, 4.69) is 38.8 Å². The molecule has 0 radical (unpaired) electrons. The van der Waals surface area contributed by atoms with E-state index in [4.69, 9.17) is 16.6 Å². The fourth-order valence-electron chi connectivity index (χ4n) is 2.95.